The molecule has 0 bridgehead atoms. The summed E-state index contributed by atoms with van der Waals surface area (Å²) in [5.74, 6) is 2.63. The maximum atomic E-state index is 12.7. The largest absolute Gasteiger partial charge is 0.443 e. The smallest absolute Gasteiger partial charge is 0.404 e. The second kappa shape index (κ2) is 17.4. The number of rotatable bonds is 10. The van der Waals surface area contributed by atoms with Crippen molar-refractivity contribution in [2.24, 2.45) is 5.73 Å². The SMILES string of the molecule is NC(=O)OCc1cc2ccccc2n1-c1nc2c(c(NCc3ccccc3)n1)CNCC2.O=C1Cc2ccccc2N1c1nc2c(c(NCc3ccccc3)n1)CNCC2. The van der Waals surface area contributed by atoms with Gasteiger partial charge in [0, 0.05) is 68.6 Å². The number of hydrogen-bond acceptors (Lipinski definition) is 11. The third kappa shape index (κ3) is 8.23. The molecule has 2 amide bonds. The number of primary amides is 1. The molecular formula is C46H45N11O3. The minimum absolute atomic E-state index is 0.0177. The number of anilines is 4. The Labute approximate surface area is 347 Å². The second-order valence-electron chi connectivity index (χ2n) is 14.8. The van der Waals surface area contributed by atoms with E-state index in [4.69, 9.17) is 30.4 Å². The van der Waals surface area contributed by atoms with Crippen molar-refractivity contribution in [2.75, 3.05) is 28.6 Å². The predicted molar refractivity (Wildman–Crippen MR) is 231 cm³/mol. The molecule has 4 aromatic carbocycles. The fraction of sp³-hybridized carbons (Fsp3) is 0.217. The van der Waals surface area contributed by atoms with Gasteiger partial charge in [0.15, 0.2) is 0 Å². The molecule has 0 radical (unpaired) electrons. The van der Waals surface area contributed by atoms with Crippen LogP contribution >= 0.6 is 0 Å². The van der Waals surface area contributed by atoms with Gasteiger partial charge in [0.1, 0.15) is 18.2 Å². The van der Waals surface area contributed by atoms with Crippen molar-refractivity contribution in [2.45, 2.75) is 52.0 Å². The van der Waals surface area contributed by atoms with Gasteiger partial charge in [0.2, 0.25) is 17.8 Å². The van der Waals surface area contributed by atoms with Gasteiger partial charge in [0.25, 0.3) is 0 Å². The third-order valence-corrected chi connectivity index (χ3v) is 10.8. The normalized spacial score (nSPS) is 14.1. The van der Waals surface area contributed by atoms with Gasteiger partial charge in [-0.3, -0.25) is 9.36 Å². The maximum Gasteiger partial charge on any atom is 0.404 e. The van der Waals surface area contributed by atoms with E-state index < -0.39 is 6.09 Å². The van der Waals surface area contributed by atoms with Crippen molar-refractivity contribution >= 4 is 46.2 Å². The summed E-state index contributed by atoms with van der Waals surface area (Å²) in [5, 5.41) is 14.8. The molecule has 14 nitrogen and oxygen atoms in total. The van der Waals surface area contributed by atoms with E-state index in [1.54, 1.807) is 4.90 Å². The highest BCUT2D eigenvalue weighted by Crippen LogP contribution is 2.35. The van der Waals surface area contributed by atoms with E-state index in [1.807, 2.05) is 95.6 Å². The van der Waals surface area contributed by atoms with Gasteiger partial charge in [-0.2, -0.15) is 9.97 Å². The number of ether oxygens (including phenoxy) is 1. The molecule has 10 rings (SSSR count). The molecule has 302 valence electrons. The lowest BCUT2D eigenvalue weighted by molar-refractivity contribution is -0.116. The zero-order valence-corrected chi connectivity index (χ0v) is 33.0. The van der Waals surface area contributed by atoms with Gasteiger partial charge in [0.05, 0.1) is 34.7 Å². The Morgan fingerprint density at radius 3 is 1.92 bits per heavy atom. The van der Waals surface area contributed by atoms with Crippen LogP contribution in [0.3, 0.4) is 0 Å². The third-order valence-electron chi connectivity index (χ3n) is 10.8. The van der Waals surface area contributed by atoms with E-state index >= 15 is 0 Å². The van der Waals surface area contributed by atoms with E-state index in [1.165, 1.54) is 11.1 Å². The summed E-state index contributed by atoms with van der Waals surface area (Å²) in [6, 6.07) is 38.2. The Morgan fingerprint density at radius 2 is 1.27 bits per heavy atom. The number of aromatic nitrogens is 5. The van der Waals surface area contributed by atoms with Crippen LogP contribution in [0.15, 0.2) is 115 Å². The van der Waals surface area contributed by atoms with E-state index in [2.05, 4.69) is 45.5 Å². The summed E-state index contributed by atoms with van der Waals surface area (Å²) < 4.78 is 7.04. The first kappa shape index (κ1) is 38.4. The molecular weight excluding hydrogens is 755 g/mol. The molecule has 0 saturated heterocycles. The van der Waals surface area contributed by atoms with Gasteiger partial charge in [-0.1, -0.05) is 97.1 Å². The van der Waals surface area contributed by atoms with E-state index in [-0.39, 0.29) is 12.5 Å². The molecule has 6 heterocycles. The maximum absolute atomic E-state index is 12.7. The average molecular weight is 800 g/mol. The monoisotopic (exact) mass is 799 g/mol. The molecule has 3 aliphatic heterocycles. The first-order valence-electron chi connectivity index (χ1n) is 20.2. The van der Waals surface area contributed by atoms with Gasteiger partial charge < -0.3 is 31.7 Å². The lowest BCUT2D eigenvalue weighted by atomic mass is 10.1. The molecule has 3 aromatic heterocycles. The standard InChI is InChI=1S/C24H24N6O2.C22H21N5O/c25-23(31)32-15-18-12-17-8-4-5-9-21(17)30(18)24-28-20-10-11-26-14-19(20)22(29-24)27-13-16-6-2-1-3-7-16;28-20-12-16-8-4-5-9-19(16)27(20)22-25-18-10-11-23-14-17(18)21(26-22)24-13-15-6-2-1-3-7-15/h1-9,12,26H,10-11,13-15H2,(H2,25,31)(H,27,28,29);1-9,23H,10-14H2,(H,24,25,26). The quantitative estimate of drug-likeness (QED) is 0.106. The number of nitrogens with zero attached hydrogens (tertiary/aromatic N) is 6. The van der Waals surface area contributed by atoms with Gasteiger partial charge in [-0.05, 0) is 34.9 Å². The van der Waals surface area contributed by atoms with Crippen molar-refractivity contribution in [3.63, 3.8) is 0 Å². The molecule has 3 aliphatic rings. The molecule has 0 saturated carbocycles. The molecule has 0 aliphatic carbocycles. The van der Waals surface area contributed by atoms with Crippen LogP contribution in [0.4, 0.5) is 28.1 Å². The molecule has 14 heteroatoms. The van der Waals surface area contributed by atoms with Crippen LogP contribution in [0.25, 0.3) is 16.9 Å². The van der Waals surface area contributed by atoms with E-state index in [0.29, 0.717) is 31.4 Å². The van der Waals surface area contributed by atoms with Gasteiger partial charge in [-0.15, -0.1) is 0 Å². The Hall–Kier alpha value is -7.16. The minimum Gasteiger partial charge on any atom is -0.443 e. The van der Waals surface area contributed by atoms with Crippen molar-refractivity contribution in [1.82, 2.24) is 35.1 Å². The number of benzene rings is 4. The van der Waals surface area contributed by atoms with E-state index in [9.17, 15) is 9.59 Å². The molecule has 0 unspecified atom stereocenters. The summed E-state index contributed by atoms with van der Waals surface area (Å²) in [4.78, 5) is 45.0. The first-order chi connectivity index (χ1) is 29.5. The fourth-order valence-corrected chi connectivity index (χ4v) is 7.89. The van der Waals surface area contributed by atoms with Crippen molar-refractivity contribution in [1.29, 1.82) is 0 Å². The van der Waals surface area contributed by atoms with Crippen LogP contribution in [0.1, 0.15) is 44.9 Å². The molecule has 0 fully saturated rings. The van der Waals surface area contributed by atoms with E-state index in [0.717, 1.165) is 101 Å². The number of nitrogens with two attached hydrogens (primary N) is 1. The van der Waals surface area contributed by atoms with Crippen LogP contribution in [0.2, 0.25) is 0 Å². The predicted octanol–water partition coefficient (Wildman–Crippen LogP) is 6.23. The lowest BCUT2D eigenvalue weighted by Crippen LogP contribution is -2.29. The summed E-state index contributed by atoms with van der Waals surface area (Å²) in [6.45, 7) is 4.58. The van der Waals surface area contributed by atoms with Crippen molar-refractivity contribution in [3.05, 3.63) is 160 Å². The highest BCUT2D eigenvalue weighted by molar-refractivity contribution is 6.06. The average Bonchev–Trinajstić information content (AvgIpc) is 3.84. The molecule has 0 atom stereocenters. The topological polar surface area (TPSA) is 177 Å². The van der Waals surface area contributed by atoms with Crippen LogP contribution < -0.4 is 31.9 Å². The van der Waals surface area contributed by atoms with Gasteiger partial charge in [-0.25, -0.2) is 19.7 Å². The number of nitrogens with one attached hydrogen (secondary N) is 4. The number of amides is 2. The second-order valence-corrected chi connectivity index (χ2v) is 14.8. The molecule has 6 N–H and O–H groups in total. The van der Waals surface area contributed by atoms with Gasteiger partial charge >= 0.3 is 6.09 Å². The van der Waals surface area contributed by atoms with Crippen LogP contribution in [0.5, 0.6) is 0 Å². The minimum atomic E-state index is -0.815. The molecule has 0 spiro atoms. The summed E-state index contributed by atoms with van der Waals surface area (Å²) in [6.07, 6.45) is 1.22. The Bertz CT molecular complexity index is 2670. The first-order valence-corrected chi connectivity index (χ1v) is 20.2. The highest BCUT2D eigenvalue weighted by atomic mass is 16.5. The summed E-state index contributed by atoms with van der Waals surface area (Å²) >= 11 is 0. The number of para-hydroxylation sites is 2. The lowest BCUT2D eigenvalue weighted by Gasteiger charge is -2.23. The van der Waals surface area contributed by atoms with Crippen LogP contribution in [0, 0.1) is 0 Å². The summed E-state index contributed by atoms with van der Waals surface area (Å²) in [7, 11) is 0. The highest BCUT2D eigenvalue weighted by Gasteiger charge is 2.32. The fourth-order valence-electron chi connectivity index (χ4n) is 7.89. The Balaban J connectivity index is 0.000000155. The van der Waals surface area contributed by atoms with Crippen LogP contribution in [-0.4, -0.2) is 49.6 Å². The Kier molecular flexibility index (Phi) is 11.1. The van der Waals surface area contributed by atoms with Crippen molar-refractivity contribution < 1.29 is 14.3 Å². The number of fused-ring (bicyclic) bond motifs is 4. The molecule has 7 aromatic rings. The number of hydrogen-bond donors (Lipinski definition) is 5. The zero-order chi connectivity index (χ0) is 40.8. The van der Waals surface area contributed by atoms with Crippen molar-refractivity contribution in [3.8, 4) is 5.95 Å². The summed E-state index contributed by atoms with van der Waals surface area (Å²) in [5.41, 5.74) is 15.4. The number of carbonyl (C=O) groups is 2. The van der Waals surface area contributed by atoms with Crippen LogP contribution in [-0.2, 0) is 61.6 Å². The number of carbonyl (C=O) groups excluding carboxylic acids is 2. The molecule has 60 heavy (non-hydrogen) atoms. The Morgan fingerprint density at radius 1 is 0.700 bits per heavy atom. The zero-order valence-electron chi connectivity index (χ0n) is 33.0.